The molecule has 0 aliphatic rings. The quantitative estimate of drug-likeness (QED) is 0.182. The van der Waals surface area contributed by atoms with Crippen molar-refractivity contribution in [2.45, 2.75) is 26.3 Å². The van der Waals surface area contributed by atoms with Gasteiger partial charge in [-0.25, -0.2) is 0 Å². The Morgan fingerprint density at radius 3 is 1.62 bits per heavy atom. The summed E-state index contributed by atoms with van der Waals surface area (Å²) in [5.74, 6) is 0. The SMILES string of the molecule is Cc1cc(-c2ccccc2)cc(-n2c3ccccc3c3cc(-c4ccc5c(c4)c4ccccc4n5C(C)(C)c4ccccc4)ccc32)c1. The van der Waals surface area contributed by atoms with Crippen LogP contribution in [0.4, 0.5) is 0 Å². The van der Waals surface area contributed by atoms with Crippen LogP contribution in [0.1, 0.15) is 25.0 Å². The lowest BCUT2D eigenvalue weighted by molar-refractivity contribution is 0.465. The molecule has 7 aromatic carbocycles. The van der Waals surface area contributed by atoms with Gasteiger partial charge in [0.1, 0.15) is 0 Å². The van der Waals surface area contributed by atoms with E-state index in [1.165, 1.54) is 82.7 Å². The molecule has 9 rings (SSSR count). The fourth-order valence-electron chi connectivity index (χ4n) is 7.85. The molecule has 0 amide bonds. The molecule has 0 spiro atoms. The third-order valence-electron chi connectivity index (χ3n) is 10.1. The minimum Gasteiger partial charge on any atom is -0.331 e. The van der Waals surface area contributed by atoms with E-state index >= 15 is 0 Å². The van der Waals surface area contributed by atoms with Gasteiger partial charge in [-0.3, -0.25) is 0 Å². The largest absolute Gasteiger partial charge is 0.331 e. The first-order valence-electron chi connectivity index (χ1n) is 16.8. The van der Waals surface area contributed by atoms with E-state index in [2.05, 4.69) is 194 Å². The maximum absolute atomic E-state index is 2.51. The van der Waals surface area contributed by atoms with E-state index < -0.39 is 0 Å². The van der Waals surface area contributed by atoms with Crippen LogP contribution in [-0.4, -0.2) is 9.13 Å². The van der Waals surface area contributed by atoms with Gasteiger partial charge < -0.3 is 9.13 Å². The fraction of sp³-hybridized carbons (Fsp3) is 0.0870. The van der Waals surface area contributed by atoms with E-state index in [4.69, 9.17) is 0 Å². The molecule has 0 saturated carbocycles. The molecule has 0 aliphatic heterocycles. The Hall–Kier alpha value is -5.86. The van der Waals surface area contributed by atoms with Gasteiger partial charge in [0.05, 0.1) is 16.6 Å². The standard InChI is InChI=1S/C46H36N2/c1-31-26-35(32-14-6-4-7-15-32)28-37(27-31)47-42-20-12-10-18-38(42)40-29-33(22-24-43(40)47)34-23-25-45-41(30-34)39-19-11-13-21-44(39)48(45)46(2,3)36-16-8-5-9-17-36/h4-30H,1-3H3. The van der Waals surface area contributed by atoms with Gasteiger partial charge in [-0.1, -0.05) is 115 Å². The molecule has 230 valence electrons. The normalized spacial score (nSPS) is 12.1. The number of hydrogen-bond acceptors (Lipinski definition) is 0. The molecular weight excluding hydrogens is 581 g/mol. The number of fused-ring (bicyclic) bond motifs is 6. The zero-order valence-electron chi connectivity index (χ0n) is 27.5. The molecule has 2 aromatic heterocycles. The van der Waals surface area contributed by atoms with Crippen LogP contribution in [0.25, 0.3) is 71.6 Å². The highest BCUT2D eigenvalue weighted by Crippen LogP contribution is 2.41. The maximum Gasteiger partial charge on any atom is 0.0646 e. The van der Waals surface area contributed by atoms with Gasteiger partial charge in [-0.05, 0) is 103 Å². The van der Waals surface area contributed by atoms with Crippen molar-refractivity contribution in [2.75, 3.05) is 0 Å². The Labute approximate surface area is 281 Å². The van der Waals surface area contributed by atoms with Crippen molar-refractivity contribution >= 4 is 43.6 Å². The Bertz CT molecular complexity index is 2640. The smallest absolute Gasteiger partial charge is 0.0646 e. The number of nitrogens with zero attached hydrogens (tertiary/aromatic N) is 2. The second kappa shape index (κ2) is 10.9. The first-order chi connectivity index (χ1) is 23.5. The zero-order valence-corrected chi connectivity index (χ0v) is 27.5. The minimum absolute atomic E-state index is 0.221. The number of hydrogen-bond donors (Lipinski definition) is 0. The molecule has 0 fully saturated rings. The van der Waals surface area contributed by atoms with E-state index in [0.717, 1.165) is 0 Å². The van der Waals surface area contributed by atoms with E-state index in [1.807, 2.05) is 0 Å². The average Bonchev–Trinajstić information content (AvgIpc) is 3.65. The molecule has 0 atom stereocenters. The summed E-state index contributed by atoms with van der Waals surface area (Å²) in [4.78, 5) is 0. The van der Waals surface area contributed by atoms with E-state index in [0.29, 0.717) is 0 Å². The van der Waals surface area contributed by atoms with E-state index in [1.54, 1.807) is 0 Å². The molecule has 2 nitrogen and oxygen atoms in total. The van der Waals surface area contributed by atoms with E-state index in [-0.39, 0.29) is 5.54 Å². The lowest BCUT2D eigenvalue weighted by Gasteiger charge is -2.30. The van der Waals surface area contributed by atoms with Crippen LogP contribution < -0.4 is 0 Å². The first kappa shape index (κ1) is 28.4. The Kier molecular flexibility index (Phi) is 6.42. The molecule has 48 heavy (non-hydrogen) atoms. The predicted molar refractivity (Wildman–Crippen MR) is 204 cm³/mol. The van der Waals surface area contributed by atoms with Gasteiger partial charge in [0.15, 0.2) is 0 Å². The van der Waals surface area contributed by atoms with Crippen LogP contribution in [-0.2, 0) is 5.54 Å². The molecule has 0 saturated heterocycles. The van der Waals surface area contributed by atoms with E-state index in [9.17, 15) is 0 Å². The second-order valence-electron chi connectivity index (χ2n) is 13.5. The molecule has 9 aromatic rings. The van der Waals surface area contributed by atoms with Gasteiger partial charge in [0.2, 0.25) is 0 Å². The Balaban J connectivity index is 1.22. The van der Waals surface area contributed by atoms with Crippen molar-refractivity contribution in [3.63, 3.8) is 0 Å². The number of aromatic nitrogens is 2. The minimum atomic E-state index is -0.221. The highest BCUT2D eigenvalue weighted by molar-refractivity contribution is 6.12. The summed E-state index contributed by atoms with van der Waals surface area (Å²) in [6.45, 7) is 6.84. The molecule has 0 N–H and O–H groups in total. The summed E-state index contributed by atoms with van der Waals surface area (Å²) in [6, 6.07) is 60.0. The monoisotopic (exact) mass is 616 g/mol. The average molecular weight is 617 g/mol. The van der Waals surface area contributed by atoms with Gasteiger partial charge in [-0.2, -0.15) is 0 Å². The lowest BCUT2D eigenvalue weighted by Crippen LogP contribution is -2.27. The van der Waals surface area contributed by atoms with Crippen molar-refractivity contribution in [3.8, 4) is 27.9 Å². The maximum atomic E-state index is 2.51. The van der Waals surface area contributed by atoms with Crippen LogP contribution in [0.3, 0.4) is 0 Å². The topological polar surface area (TPSA) is 9.86 Å². The summed E-state index contributed by atoms with van der Waals surface area (Å²) in [7, 11) is 0. The van der Waals surface area contributed by atoms with Crippen molar-refractivity contribution < 1.29 is 0 Å². The highest BCUT2D eigenvalue weighted by atomic mass is 15.1. The molecule has 0 radical (unpaired) electrons. The van der Waals surface area contributed by atoms with Crippen molar-refractivity contribution in [1.29, 1.82) is 0 Å². The number of rotatable bonds is 5. The summed E-state index contributed by atoms with van der Waals surface area (Å²) < 4.78 is 4.94. The summed E-state index contributed by atoms with van der Waals surface area (Å²) in [5.41, 5.74) is 13.4. The number of para-hydroxylation sites is 2. The summed E-state index contributed by atoms with van der Waals surface area (Å²) in [6.07, 6.45) is 0. The first-order valence-corrected chi connectivity index (χ1v) is 16.8. The summed E-state index contributed by atoms with van der Waals surface area (Å²) >= 11 is 0. The summed E-state index contributed by atoms with van der Waals surface area (Å²) in [5, 5.41) is 5.09. The third-order valence-corrected chi connectivity index (χ3v) is 10.1. The Morgan fingerprint density at radius 1 is 0.396 bits per heavy atom. The van der Waals surface area contributed by atoms with Crippen LogP contribution in [0, 0.1) is 6.92 Å². The zero-order chi connectivity index (χ0) is 32.4. The van der Waals surface area contributed by atoms with Crippen LogP contribution in [0.5, 0.6) is 0 Å². The molecule has 2 heterocycles. The van der Waals surface area contributed by atoms with Crippen LogP contribution in [0.2, 0.25) is 0 Å². The van der Waals surface area contributed by atoms with Crippen LogP contribution >= 0.6 is 0 Å². The molecule has 0 bridgehead atoms. The number of aryl methyl sites for hydroxylation is 1. The van der Waals surface area contributed by atoms with Gasteiger partial charge >= 0.3 is 0 Å². The lowest BCUT2D eigenvalue weighted by atomic mass is 9.93. The second-order valence-corrected chi connectivity index (χ2v) is 13.5. The third kappa shape index (κ3) is 4.41. The molecule has 0 aliphatic carbocycles. The van der Waals surface area contributed by atoms with Crippen LogP contribution in [0.15, 0.2) is 164 Å². The van der Waals surface area contributed by atoms with Crippen molar-refractivity contribution in [2.24, 2.45) is 0 Å². The predicted octanol–water partition coefficient (Wildman–Crippen LogP) is 12.3. The number of benzene rings is 7. The van der Waals surface area contributed by atoms with Gasteiger partial charge in [0.25, 0.3) is 0 Å². The Morgan fingerprint density at radius 2 is 0.917 bits per heavy atom. The van der Waals surface area contributed by atoms with Crippen molar-refractivity contribution in [1.82, 2.24) is 9.13 Å². The molecule has 2 heteroatoms. The fourth-order valence-corrected chi connectivity index (χ4v) is 7.85. The van der Waals surface area contributed by atoms with Gasteiger partial charge in [-0.15, -0.1) is 0 Å². The van der Waals surface area contributed by atoms with Crippen molar-refractivity contribution in [3.05, 3.63) is 175 Å². The highest BCUT2D eigenvalue weighted by Gasteiger charge is 2.27. The molecular formula is C46H36N2. The van der Waals surface area contributed by atoms with Gasteiger partial charge in [0, 0.05) is 38.3 Å². The molecule has 0 unspecified atom stereocenters.